The first kappa shape index (κ1) is 17.5. The summed E-state index contributed by atoms with van der Waals surface area (Å²) in [4.78, 5) is 14.1. The van der Waals surface area contributed by atoms with Crippen LogP contribution < -0.4 is 9.92 Å². The minimum absolute atomic E-state index is 0.310. The van der Waals surface area contributed by atoms with Crippen molar-refractivity contribution in [3.63, 3.8) is 0 Å². The molecule has 130 valence electrons. The van der Waals surface area contributed by atoms with Gasteiger partial charge in [0, 0.05) is 18.7 Å². The van der Waals surface area contributed by atoms with Crippen molar-refractivity contribution in [1.82, 2.24) is 4.90 Å². The molecule has 1 aliphatic rings. The van der Waals surface area contributed by atoms with Gasteiger partial charge in [-0.15, -0.1) is 0 Å². The van der Waals surface area contributed by atoms with Crippen molar-refractivity contribution in [1.29, 1.82) is 0 Å². The van der Waals surface area contributed by atoms with Crippen molar-refractivity contribution < 1.29 is 9.53 Å². The Kier molecular flexibility index (Phi) is 5.09. The molecule has 0 fully saturated rings. The number of carbonyl (C=O) groups is 1. The van der Waals surface area contributed by atoms with Gasteiger partial charge in [0.15, 0.2) is 0 Å². The maximum atomic E-state index is 12.4. The van der Waals surface area contributed by atoms with Gasteiger partial charge in [0.25, 0.3) is 0 Å². The molecule has 0 aliphatic carbocycles. The van der Waals surface area contributed by atoms with Gasteiger partial charge in [0.2, 0.25) is 0 Å². The van der Waals surface area contributed by atoms with E-state index < -0.39 is 8.07 Å². The van der Waals surface area contributed by atoms with E-state index in [-0.39, 0.29) is 6.09 Å². The van der Waals surface area contributed by atoms with Gasteiger partial charge < -0.3 is 4.74 Å². The average Bonchev–Trinajstić information content (AvgIpc) is 2.62. The molecule has 0 unspecified atom stereocenters. The third-order valence-electron chi connectivity index (χ3n) is 4.53. The van der Waals surface area contributed by atoms with E-state index in [0.717, 1.165) is 6.42 Å². The molecule has 1 amide bonds. The molecule has 2 aromatic carbocycles. The van der Waals surface area contributed by atoms with Crippen LogP contribution in [0.2, 0.25) is 19.6 Å². The van der Waals surface area contributed by atoms with Crippen LogP contribution >= 0.6 is 0 Å². The molecule has 0 spiro atoms. The molecule has 0 saturated carbocycles. The first-order chi connectivity index (χ1) is 11.9. The van der Waals surface area contributed by atoms with E-state index in [1.807, 2.05) is 24.4 Å². The normalized spacial score (nSPS) is 17.4. The zero-order valence-corrected chi connectivity index (χ0v) is 16.1. The van der Waals surface area contributed by atoms with Crippen LogP contribution in [-0.4, -0.2) is 25.6 Å². The Morgan fingerprint density at radius 3 is 2.56 bits per heavy atom. The van der Waals surface area contributed by atoms with E-state index in [1.54, 1.807) is 17.0 Å². The Bertz CT molecular complexity index is 765. The molecule has 4 heteroatoms. The molecule has 3 nitrogen and oxygen atoms in total. The average molecular weight is 352 g/mol. The number of nitrogens with zero attached hydrogens (tertiary/aromatic N) is 1. The minimum Gasteiger partial charge on any atom is -0.410 e. The summed E-state index contributed by atoms with van der Waals surface area (Å²) in [6.07, 6.45) is 4.52. The van der Waals surface area contributed by atoms with Gasteiger partial charge in [-0.05, 0) is 24.1 Å². The van der Waals surface area contributed by atoms with Crippen LogP contribution in [0.1, 0.15) is 17.9 Å². The van der Waals surface area contributed by atoms with Crippen molar-refractivity contribution in [2.24, 2.45) is 0 Å². The quantitative estimate of drug-likeness (QED) is 0.748. The second-order valence-electron chi connectivity index (χ2n) is 7.53. The van der Waals surface area contributed by atoms with Gasteiger partial charge in [0.05, 0.1) is 8.07 Å². The lowest BCUT2D eigenvalue weighted by Gasteiger charge is -2.28. The van der Waals surface area contributed by atoms with Crippen molar-refractivity contribution in [2.45, 2.75) is 32.0 Å². The highest BCUT2D eigenvalue weighted by molar-refractivity contribution is 6.88. The molecule has 1 heterocycles. The Morgan fingerprint density at radius 2 is 1.84 bits per heavy atom. The van der Waals surface area contributed by atoms with Crippen molar-refractivity contribution >= 4 is 19.4 Å². The number of carbonyl (C=O) groups excluding carboxylic acids is 1. The highest BCUT2D eigenvalue weighted by atomic mass is 28.3. The molecule has 0 bridgehead atoms. The van der Waals surface area contributed by atoms with E-state index in [9.17, 15) is 4.79 Å². The Balaban J connectivity index is 1.72. The Morgan fingerprint density at radius 1 is 1.08 bits per heavy atom. The molecular weight excluding hydrogens is 326 g/mol. The monoisotopic (exact) mass is 351 g/mol. The van der Waals surface area contributed by atoms with Gasteiger partial charge in [0.1, 0.15) is 5.75 Å². The summed E-state index contributed by atoms with van der Waals surface area (Å²) >= 11 is 0. The maximum Gasteiger partial charge on any atom is 0.419 e. The van der Waals surface area contributed by atoms with Crippen LogP contribution in [0, 0.1) is 0 Å². The molecule has 1 aliphatic heterocycles. The predicted molar refractivity (Wildman–Crippen MR) is 105 cm³/mol. The largest absolute Gasteiger partial charge is 0.419 e. The Labute approximate surface area is 150 Å². The highest BCUT2D eigenvalue weighted by Gasteiger charge is 2.24. The lowest BCUT2D eigenvalue weighted by Crippen LogP contribution is -2.38. The number of para-hydroxylation sites is 1. The number of rotatable bonds is 3. The van der Waals surface area contributed by atoms with Crippen molar-refractivity contribution in [2.75, 3.05) is 6.54 Å². The van der Waals surface area contributed by atoms with Crippen LogP contribution in [0.25, 0.3) is 0 Å². The first-order valence-electron chi connectivity index (χ1n) is 8.74. The first-order valence-corrected chi connectivity index (χ1v) is 12.2. The molecule has 3 rings (SSSR count). The number of hydrogen-bond acceptors (Lipinski definition) is 2. The molecule has 0 aromatic heterocycles. The summed E-state index contributed by atoms with van der Waals surface area (Å²) in [5.41, 5.74) is 1.31. The molecule has 0 radical (unpaired) electrons. The Hall–Kier alpha value is -2.33. The number of benzene rings is 2. The van der Waals surface area contributed by atoms with E-state index in [4.69, 9.17) is 4.74 Å². The standard InChI is InChI=1S/C21H25NO2Si/c1-25(2,3)20-13-7-9-17(15-20)18-10-8-14-22(16-18)21(23)24-19-11-5-4-6-12-19/h4-9,11-15,18H,10,16H2,1-3H3/t18-/m1/s1. The van der Waals surface area contributed by atoms with Gasteiger partial charge in [-0.3, -0.25) is 4.90 Å². The van der Waals surface area contributed by atoms with Gasteiger partial charge in [-0.1, -0.05) is 73.4 Å². The summed E-state index contributed by atoms with van der Waals surface area (Å²) in [6.45, 7) is 7.72. The molecule has 1 atom stereocenters. The highest BCUT2D eigenvalue weighted by Crippen LogP contribution is 2.26. The molecule has 25 heavy (non-hydrogen) atoms. The van der Waals surface area contributed by atoms with E-state index in [2.05, 4.69) is 50.0 Å². The van der Waals surface area contributed by atoms with Crippen LogP contribution in [0.3, 0.4) is 0 Å². The summed E-state index contributed by atoms with van der Waals surface area (Å²) < 4.78 is 5.46. The lowest BCUT2D eigenvalue weighted by atomic mass is 9.93. The van der Waals surface area contributed by atoms with Crippen LogP contribution in [0.15, 0.2) is 66.9 Å². The molecule has 2 aromatic rings. The maximum absolute atomic E-state index is 12.4. The fourth-order valence-electron chi connectivity index (χ4n) is 3.01. The number of ether oxygens (including phenoxy) is 1. The van der Waals surface area contributed by atoms with Crippen LogP contribution in [0.4, 0.5) is 4.79 Å². The molecule has 0 saturated heterocycles. The summed E-state index contributed by atoms with van der Waals surface area (Å²) in [5, 5.41) is 1.46. The fourth-order valence-corrected chi connectivity index (χ4v) is 4.21. The number of amides is 1. The number of allylic oxidation sites excluding steroid dienone is 1. The molecular formula is C21H25NO2Si. The predicted octanol–water partition coefficient (Wildman–Crippen LogP) is 4.73. The minimum atomic E-state index is -1.34. The zero-order chi connectivity index (χ0) is 17.9. The second-order valence-corrected chi connectivity index (χ2v) is 12.6. The smallest absolute Gasteiger partial charge is 0.410 e. The van der Waals surface area contributed by atoms with Crippen molar-refractivity contribution in [3.05, 3.63) is 72.4 Å². The summed E-state index contributed by atoms with van der Waals surface area (Å²) in [7, 11) is -1.34. The summed E-state index contributed by atoms with van der Waals surface area (Å²) in [5.74, 6) is 0.883. The van der Waals surface area contributed by atoms with E-state index in [1.165, 1.54) is 10.8 Å². The summed E-state index contributed by atoms with van der Waals surface area (Å²) in [6, 6.07) is 18.1. The van der Waals surface area contributed by atoms with Crippen LogP contribution in [0.5, 0.6) is 5.75 Å². The third kappa shape index (κ3) is 4.40. The van der Waals surface area contributed by atoms with Crippen LogP contribution in [-0.2, 0) is 0 Å². The van der Waals surface area contributed by atoms with E-state index >= 15 is 0 Å². The van der Waals surface area contributed by atoms with E-state index in [0.29, 0.717) is 18.2 Å². The second kappa shape index (κ2) is 7.27. The fraction of sp³-hybridized carbons (Fsp3) is 0.286. The SMILES string of the molecule is C[Si](C)(C)c1cccc([C@@H]2CC=CN(C(=O)Oc3ccccc3)C2)c1. The van der Waals surface area contributed by atoms with Crippen molar-refractivity contribution in [3.8, 4) is 5.75 Å². The van der Waals surface area contributed by atoms with Gasteiger partial charge in [-0.25, -0.2) is 4.79 Å². The zero-order valence-electron chi connectivity index (χ0n) is 15.1. The number of hydrogen-bond donors (Lipinski definition) is 0. The van der Waals surface area contributed by atoms with Gasteiger partial charge in [-0.2, -0.15) is 0 Å². The molecule has 0 N–H and O–H groups in total. The van der Waals surface area contributed by atoms with Gasteiger partial charge >= 0.3 is 6.09 Å². The topological polar surface area (TPSA) is 29.5 Å². The lowest BCUT2D eigenvalue weighted by molar-refractivity contribution is 0.165. The third-order valence-corrected chi connectivity index (χ3v) is 6.57.